The summed E-state index contributed by atoms with van der Waals surface area (Å²) in [6.07, 6.45) is 8.84. The van der Waals surface area contributed by atoms with Crippen molar-refractivity contribution in [2.45, 2.75) is 122 Å². The van der Waals surface area contributed by atoms with Crippen molar-refractivity contribution in [1.29, 1.82) is 0 Å². The van der Waals surface area contributed by atoms with Crippen LogP contribution in [0.4, 0.5) is 0 Å². The first kappa shape index (κ1) is 25.2. The second-order valence-corrected chi connectivity index (χ2v) is 11.7. The summed E-state index contributed by atoms with van der Waals surface area (Å²) in [6.45, 7) is 11.6. The number of hydrogen-bond acceptors (Lipinski definition) is 5. The molecule has 3 atom stereocenters. The molecular formula is C29H42O5. The number of ketones is 1. The number of rotatable bonds is 8. The van der Waals surface area contributed by atoms with E-state index in [2.05, 4.69) is 40.7 Å². The van der Waals surface area contributed by atoms with Crippen molar-refractivity contribution < 1.29 is 23.8 Å². The van der Waals surface area contributed by atoms with Gasteiger partial charge in [-0.25, -0.2) is 4.79 Å². The Hall–Kier alpha value is -1.88. The van der Waals surface area contributed by atoms with Gasteiger partial charge in [-0.05, 0) is 62.6 Å². The van der Waals surface area contributed by atoms with Gasteiger partial charge in [-0.2, -0.15) is 0 Å². The molecule has 0 spiro atoms. The van der Waals surface area contributed by atoms with E-state index in [1.807, 2.05) is 6.07 Å². The van der Waals surface area contributed by atoms with Gasteiger partial charge in [0, 0.05) is 36.8 Å². The van der Waals surface area contributed by atoms with E-state index in [1.165, 1.54) is 19.3 Å². The highest BCUT2D eigenvalue weighted by atomic mass is 16.6. The van der Waals surface area contributed by atoms with Crippen LogP contribution >= 0.6 is 0 Å². The molecule has 188 valence electrons. The second kappa shape index (κ2) is 10.0. The first-order valence-electron chi connectivity index (χ1n) is 13.3. The predicted octanol–water partition coefficient (Wildman–Crippen LogP) is 6.64. The highest BCUT2D eigenvalue weighted by Crippen LogP contribution is 2.55. The fourth-order valence-corrected chi connectivity index (χ4v) is 6.10. The number of carbonyl (C=O) groups is 2. The molecule has 1 saturated carbocycles. The molecular weight excluding hydrogens is 428 g/mol. The lowest BCUT2D eigenvalue weighted by Gasteiger charge is -2.47. The minimum atomic E-state index is -0.508. The molecule has 3 aliphatic rings. The van der Waals surface area contributed by atoms with E-state index in [4.69, 9.17) is 14.2 Å². The van der Waals surface area contributed by atoms with Crippen LogP contribution in [0, 0.1) is 5.92 Å². The highest BCUT2D eigenvalue weighted by molar-refractivity contribution is 5.82. The lowest BCUT2D eigenvalue weighted by molar-refractivity contribution is -0.144. The molecule has 1 aromatic rings. The Bertz CT molecular complexity index is 909. The van der Waals surface area contributed by atoms with E-state index < -0.39 is 6.10 Å². The standard InChI is InChI=1S/C29H42O5/c1-6-7-8-9-14-28(2,3)19-16-24(33-27(31)23-11-10-15-32-23)26-21-18-20(30)12-13-22(21)29(4,5)34-25(26)17-19/h16-17,21-23H,6-15,18H2,1-5H3/t21-,22-,23+/m1/s1. The Morgan fingerprint density at radius 1 is 1.18 bits per heavy atom. The van der Waals surface area contributed by atoms with Crippen LogP contribution < -0.4 is 9.47 Å². The largest absolute Gasteiger partial charge is 0.487 e. The molecule has 2 aliphatic heterocycles. The molecule has 1 aliphatic carbocycles. The maximum Gasteiger partial charge on any atom is 0.340 e. The number of ether oxygens (including phenoxy) is 3. The molecule has 0 unspecified atom stereocenters. The molecule has 0 radical (unpaired) electrons. The summed E-state index contributed by atoms with van der Waals surface area (Å²) < 4.78 is 18.3. The number of fused-ring (bicyclic) bond motifs is 3. The van der Waals surface area contributed by atoms with Gasteiger partial charge in [-0.3, -0.25) is 4.79 Å². The fourth-order valence-electron chi connectivity index (χ4n) is 6.10. The van der Waals surface area contributed by atoms with Crippen LogP contribution in [-0.2, 0) is 19.7 Å². The van der Waals surface area contributed by atoms with Crippen LogP contribution in [0.1, 0.15) is 116 Å². The molecule has 1 saturated heterocycles. The number of Topliss-reactive ketones (excluding diaryl/α,β-unsaturated/α-hetero) is 1. The van der Waals surface area contributed by atoms with Gasteiger partial charge in [0.05, 0.1) is 0 Å². The molecule has 4 rings (SSSR count). The van der Waals surface area contributed by atoms with Gasteiger partial charge in [0.15, 0.2) is 6.10 Å². The molecule has 5 nitrogen and oxygen atoms in total. The Morgan fingerprint density at radius 3 is 2.68 bits per heavy atom. The molecule has 1 aromatic carbocycles. The van der Waals surface area contributed by atoms with E-state index in [0.29, 0.717) is 31.6 Å². The first-order valence-corrected chi connectivity index (χ1v) is 13.3. The molecule has 0 N–H and O–H groups in total. The third-order valence-corrected chi connectivity index (χ3v) is 8.25. The summed E-state index contributed by atoms with van der Waals surface area (Å²) in [4.78, 5) is 25.5. The topological polar surface area (TPSA) is 61.8 Å². The van der Waals surface area contributed by atoms with Crippen LogP contribution in [0.3, 0.4) is 0 Å². The van der Waals surface area contributed by atoms with E-state index in [1.54, 1.807) is 0 Å². The van der Waals surface area contributed by atoms with Gasteiger partial charge in [-0.1, -0.05) is 46.5 Å². The quantitative estimate of drug-likeness (QED) is 0.242. The van der Waals surface area contributed by atoms with Gasteiger partial charge in [0.1, 0.15) is 22.9 Å². The van der Waals surface area contributed by atoms with Crippen molar-refractivity contribution in [1.82, 2.24) is 0 Å². The predicted molar refractivity (Wildman–Crippen MR) is 133 cm³/mol. The van der Waals surface area contributed by atoms with Crippen LogP contribution in [0.2, 0.25) is 0 Å². The van der Waals surface area contributed by atoms with Crippen molar-refractivity contribution in [3.05, 3.63) is 23.3 Å². The van der Waals surface area contributed by atoms with E-state index in [-0.39, 0.29) is 34.6 Å². The monoisotopic (exact) mass is 470 g/mol. The molecule has 2 heterocycles. The maximum atomic E-state index is 13.0. The summed E-state index contributed by atoms with van der Waals surface area (Å²) in [5.74, 6) is 1.51. The third-order valence-electron chi connectivity index (χ3n) is 8.25. The van der Waals surface area contributed by atoms with Gasteiger partial charge >= 0.3 is 5.97 Å². The molecule has 2 fully saturated rings. The smallest absolute Gasteiger partial charge is 0.340 e. The van der Waals surface area contributed by atoms with Gasteiger partial charge in [-0.15, -0.1) is 0 Å². The van der Waals surface area contributed by atoms with E-state index in [9.17, 15) is 9.59 Å². The highest BCUT2D eigenvalue weighted by Gasteiger charge is 2.48. The lowest BCUT2D eigenvalue weighted by atomic mass is 9.66. The van der Waals surface area contributed by atoms with E-state index in [0.717, 1.165) is 42.6 Å². The summed E-state index contributed by atoms with van der Waals surface area (Å²) >= 11 is 0. The average molecular weight is 471 g/mol. The SMILES string of the molecule is CCCCCCC(C)(C)c1cc(OC(=O)[C@@H]2CCCO2)c2c(c1)OC(C)(C)[C@@H]1CCC(=O)C[C@@H]21. The molecule has 0 aromatic heterocycles. The van der Waals surface area contributed by atoms with Crippen molar-refractivity contribution in [2.24, 2.45) is 5.92 Å². The van der Waals surface area contributed by atoms with Crippen LogP contribution in [-0.4, -0.2) is 30.1 Å². The number of carbonyl (C=O) groups excluding carboxylic acids is 2. The average Bonchev–Trinajstić information content (AvgIpc) is 3.31. The zero-order chi connectivity index (χ0) is 24.5. The summed E-state index contributed by atoms with van der Waals surface area (Å²) in [7, 11) is 0. The summed E-state index contributed by atoms with van der Waals surface area (Å²) in [6, 6.07) is 4.19. The number of unbranched alkanes of at least 4 members (excludes halogenated alkanes) is 3. The first-order chi connectivity index (χ1) is 16.1. The van der Waals surface area contributed by atoms with Gasteiger partial charge < -0.3 is 14.2 Å². The Labute approximate surface area is 204 Å². The maximum absolute atomic E-state index is 13.0. The number of benzene rings is 1. The number of hydrogen-bond donors (Lipinski definition) is 0. The summed E-state index contributed by atoms with van der Waals surface area (Å²) in [5.41, 5.74) is 1.56. The minimum absolute atomic E-state index is 0.00835. The van der Waals surface area contributed by atoms with Crippen molar-refractivity contribution in [3.63, 3.8) is 0 Å². The van der Waals surface area contributed by atoms with Crippen molar-refractivity contribution >= 4 is 11.8 Å². The lowest BCUT2D eigenvalue weighted by Crippen LogP contribution is -2.47. The Balaban J connectivity index is 1.73. The van der Waals surface area contributed by atoms with Crippen molar-refractivity contribution in [3.8, 4) is 11.5 Å². The normalized spacial score (nSPS) is 25.9. The fraction of sp³-hybridized carbons (Fsp3) is 0.724. The molecule has 0 amide bonds. The molecule has 0 bridgehead atoms. The minimum Gasteiger partial charge on any atom is -0.487 e. The zero-order valence-electron chi connectivity index (χ0n) is 21.7. The van der Waals surface area contributed by atoms with Crippen LogP contribution in [0.5, 0.6) is 11.5 Å². The second-order valence-electron chi connectivity index (χ2n) is 11.7. The van der Waals surface area contributed by atoms with Gasteiger partial charge in [0.2, 0.25) is 0 Å². The third kappa shape index (κ3) is 5.19. The molecule has 5 heteroatoms. The Morgan fingerprint density at radius 2 is 1.97 bits per heavy atom. The Kier molecular flexibility index (Phi) is 7.42. The van der Waals surface area contributed by atoms with Gasteiger partial charge in [0.25, 0.3) is 0 Å². The van der Waals surface area contributed by atoms with E-state index >= 15 is 0 Å². The zero-order valence-corrected chi connectivity index (χ0v) is 21.7. The van der Waals surface area contributed by atoms with Crippen LogP contribution in [0.15, 0.2) is 12.1 Å². The molecule has 34 heavy (non-hydrogen) atoms. The number of esters is 1. The van der Waals surface area contributed by atoms with Crippen molar-refractivity contribution in [2.75, 3.05) is 6.61 Å². The van der Waals surface area contributed by atoms with Crippen LogP contribution in [0.25, 0.3) is 0 Å². The summed E-state index contributed by atoms with van der Waals surface area (Å²) in [5, 5.41) is 0.